The quantitative estimate of drug-likeness (QED) is 0.477. The molecule has 1 N–H and O–H groups in total. The Bertz CT molecular complexity index is 1290. The number of benzene rings is 2. The molecule has 2 atom stereocenters. The average molecular weight is 474 g/mol. The van der Waals surface area contributed by atoms with Crippen molar-refractivity contribution in [3.8, 4) is 0 Å². The Labute approximate surface area is 192 Å². The molecule has 0 radical (unpaired) electrons. The van der Waals surface area contributed by atoms with Gasteiger partial charge in [-0.2, -0.15) is 4.91 Å². The summed E-state index contributed by atoms with van der Waals surface area (Å²) in [6, 6.07) is 15.0. The fraction of sp³-hybridized carbons (Fsp3) is 0.261. The van der Waals surface area contributed by atoms with Crippen molar-refractivity contribution in [2.24, 2.45) is 12.2 Å². The minimum absolute atomic E-state index is 0.169. The Hall–Kier alpha value is -2.97. The third-order valence-corrected chi connectivity index (χ3v) is 6.14. The van der Waals surface area contributed by atoms with Crippen LogP contribution in [0.5, 0.6) is 0 Å². The molecule has 0 saturated carbocycles. The van der Waals surface area contributed by atoms with E-state index in [1.165, 1.54) is 10.6 Å². The smallest absolute Gasteiger partial charge is 0.250 e. The van der Waals surface area contributed by atoms with Gasteiger partial charge in [-0.1, -0.05) is 35.0 Å². The third-order valence-electron chi connectivity index (χ3n) is 5.30. The summed E-state index contributed by atoms with van der Waals surface area (Å²) in [6.45, 7) is 1.95. The standard InChI is InChI=1S/C23H24ClN3O4S/c1-15-12-18(24)7-10-20(15)21(16-4-8-19(9-5-16)26-32(3,30)31)13-22(25-29)17-6-11-23(28)27(2)14-17/h4-12,14,21-22,26H,13H2,1-3H3. The lowest BCUT2D eigenvalue weighted by molar-refractivity contribution is 0.587. The molecule has 0 aliphatic rings. The first-order chi connectivity index (χ1) is 15.1. The Kier molecular flexibility index (Phi) is 7.16. The monoisotopic (exact) mass is 473 g/mol. The number of nitroso groups, excluding NO2 is 1. The van der Waals surface area contributed by atoms with Crippen molar-refractivity contribution in [2.75, 3.05) is 11.0 Å². The molecular weight excluding hydrogens is 450 g/mol. The highest BCUT2D eigenvalue weighted by Gasteiger charge is 2.24. The van der Waals surface area contributed by atoms with Crippen LogP contribution in [0.2, 0.25) is 5.02 Å². The van der Waals surface area contributed by atoms with E-state index in [9.17, 15) is 18.1 Å². The molecule has 0 aliphatic heterocycles. The van der Waals surface area contributed by atoms with Gasteiger partial charge in [-0.3, -0.25) is 9.52 Å². The molecule has 3 aromatic rings. The van der Waals surface area contributed by atoms with Crippen LogP contribution in [-0.2, 0) is 17.1 Å². The molecule has 1 aromatic heterocycles. The third kappa shape index (κ3) is 5.83. The van der Waals surface area contributed by atoms with E-state index in [1.807, 2.05) is 31.2 Å². The minimum Gasteiger partial charge on any atom is -0.318 e. The highest BCUT2D eigenvalue weighted by molar-refractivity contribution is 7.92. The minimum atomic E-state index is -3.39. The largest absolute Gasteiger partial charge is 0.318 e. The first kappa shape index (κ1) is 23.7. The Morgan fingerprint density at radius 2 is 1.72 bits per heavy atom. The summed E-state index contributed by atoms with van der Waals surface area (Å²) in [7, 11) is -1.76. The lowest BCUT2D eigenvalue weighted by Gasteiger charge is -2.23. The molecule has 0 amide bonds. The number of nitrogens with zero attached hydrogens (tertiary/aromatic N) is 2. The van der Waals surface area contributed by atoms with E-state index in [1.54, 1.807) is 37.5 Å². The van der Waals surface area contributed by atoms with Crippen LogP contribution in [0.1, 0.15) is 40.6 Å². The second-order valence-corrected chi connectivity index (χ2v) is 10.0. The summed E-state index contributed by atoms with van der Waals surface area (Å²) in [6.07, 6.45) is 3.08. The summed E-state index contributed by atoms with van der Waals surface area (Å²) in [5.74, 6) is -0.209. The maximum Gasteiger partial charge on any atom is 0.250 e. The second kappa shape index (κ2) is 9.67. The molecule has 2 aromatic carbocycles. The molecule has 0 saturated heterocycles. The van der Waals surface area contributed by atoms with Crippen molar-refractivity contribution in [1.29, 1.82) is 0 Å². The molecule has 0 aliphatic carbocycles. The molecule has 32 heavy (non-hydrogen) atoms. The number of nitrogens with one attached hydrogen (secondary N) is 1. The van der Waals surface area contributed by atoms with Gasteiger partial charge in [0.2, 0.25) is 15.6 Å². The number of sulfonamides is 1. The molecule has 168 valence electrons. The predicted molar refractivity (Wildman–Crippen MR) is 128 cm³/mol. The van der Waals surface area contributed by atoms with E-state index in [0.29, 0.717) is 22.7 Å². The van der Waals surface area contributed by atoms with Gasteiger partial charge in [0.1, 0.15) is 6.04 Å². The van der Waals surface area contributed by atoms with E-state index in [2.05, 4.69) is 9.90 Å². The number of rotatable bonds is 8. The number of halogens is 1. The van der Waals surface area contributed by atoms with Gasteiger partial charge in [-0.15, -0.1) is 0 Å². The van der Waals surface area contributed by atoms with Gasteiger partial charge in [0.15, 0.2) is 0 Å². The van der Waals surface area contributed by atoms with Gasteiger partial charge >= 0.3 is 0 Å². The molecule has 0 spiro atoms. The van der Waals surface area contributed by atoms with Crippen molar-refractivity contribution >= 4 is 27.3 Å². The van der Waals surface area contributed by atoms with Crippen LogP contribution in [0.25, 0.3) is 0 Å². The maximum absolute atomic E-state index is 11.8. The highest BCUT2D eigenvalue weighted by Crippen LogP contribution is 2.38. The number of pyridine rings is 1. The summed E-state index contributed by atoms with van der Waals surface area (Å²) in [4.78, 5) is 23.6. The van der Waals surface area contributed by atoms with Crippen LogP contribution >= 0.6 is 11.6 Å². The number of aromatic nitrogens is 1. The van der Waals surface area contributed by atoms with Crippen LogP contribution in [0.15, 0.2) is 70.8 Å². The second-order valence-electron chi connectivity index (χ2n) is 7.82. The van der Waals surface area contributed by atoms with Crippen molar-refractivity contribution in [2.45, 2.75) is 25.3 Å². The molecule has 1 heterocycles. The van der Waals surface area contributed by atoms with E-state index >= 15 is 0 Å². The summed E-state index contributed by atoms with van der Waals surface area (Å²) in [5, 5.41) is 3.96. The van der Waals surface area contributed by atoms with Gasteiger partial charge in [0, 0.05) is 35.9 Å². The van der Waals surface area contributed by atoms with Gasteiger partial charge < -0.3 is 4.57 Å². The van der Waals surface area contributed by atoms with E-state index in [0.717, 1.165) is 22.9 Å². The van der Waals surface area contributed by atoms with Crippen molar-refractivity contribution in [3.05, 3.63) is 103 Å². The average Bonchev–Trinajstić information content (AvgIpc) is 2.71. The van der Waals surface area contributed by atoms with Crippen molar-refractivity contribution in [3.63, 3.8) is 0 Å². The topological polar surface area (TPSA) is 97.6 Å². The number of aryl methyl sites for hydroxylation is 2. The van der Waals surface area contributed by atoms with Crippen LogP contribution in [0.3, 0.4) is 0 Å². The normalized spacial score (nSPS) is 13.4. The predicted octanol–water partition coefficient (Wildman–Crippen LogP) is 4.75. The SMILES string of the molecule is Cc1cc(Cl)ccc1C(CC(N=O)c1ccc(=O)n(C)c1)c1ccc(NS(C)(=O)=O)cc1. The lowest BCUT2D eigenvalue weighted by Crippen LogP contribution is -2.16. The molecule has 9 heteroatoms. The zero-order valence-corrected chi connectivity index (χ0v) is 19.5. The van der Waals surface area contributed by atoms with Gasteiger partial charge in [-0.25, -0.2) is 8.42 Å². The van der Waals surface area contributed by atoms with Crippen LogP contribution in [0.4, 0.5) is 5.69 Å². The zero-order chi connectivity index (χ0) is 23.5. The zero-order valence-electron chi connectivity index (χ0n) is 17.9. The molecule has 2 unspecified atom stereocenters. The summed E-state index contributed by atoms with van der Waals surface area (Å²) < 4.78 is 26.9. The number of hydrogen-bond donors (Lipinski definition) is 1. The van der Waals surface area contributed by atoms with Crippen LogP contribution < -0.4 is 10.3 Å². The summed E-state index contributed by atoms with van der Waals surface area (Å²) in [5.41, 5.74) is 3.77. The molecule has 0 fully saturated rings. The van der Waals surface area contributed by atoms with Gasteiger partial charge in [0.25, 0.3) is 0 Å². The van der Waals surface area contributed by atoms with Crippen molar-refractivity contribution in [1.82, 2.24) is 4.57 Å². The van der Waals surface area contributed by atoms with Crippen LogP contribution in [-0.4, -0.2) is 19.2 Å². The lowest BCUT2D eigenvalue weighted by atomic mass is 9.82. The molecule has 3 rings (SSSR count). The first-order valence-electron chi connectivity index (χ1n) is 9.90. The molecule has 7 nitrogen and oxygen atoms in total. The first-order valence-corrected chi connectivity index (χ1v) is 12.2. The fourth-order valence-electron chi connectivity index (χ4n) is 3.75. The van der Waals surface area contributed by atoms with E-state index in [-0.39, 0.29) is 11.5 Å². The molecular formula is C23H24ClN3O4S. The van der Waals surface area contributed by atoms with E-state index < -0.39 is 16.1 Å². The maximum atomic E-state index is 11.8. The Balaban J connectivity index is 2.03. The van der Waals surface area contributed by atoms with Gasteiger partial charge in [0.05, 0.1) is 6.26 Å². The Morgan fingerprint density at radius 3 is 2.28 bits per heavy atom. The number of hydrogen-bond acceptors (Lipinski definition) is 5. The highest BCUT2D eigenvalue weighted by atomic mass is 35.5. The molecule has 0 bridgehead atoms. The number of anilines is 1. The summed E-state index contributed by atoms with van der Waals surface area (Å²) >= 11 is 6.15. The Morgan fingerprint density at radius 1 is 1.06 bits per heavy atom. The fourth-order valence-corrected chi connectivity index (χ4v) is 4.54. The van der Waals surface area contributed by atoms with Crippen LogP contribution in [0, 0.1) is 11.8 Å². The van der Waals surface area contributed by atoms with Gasteiger partial charge in [-0.05, 0) is 65.9 Å². The van der Waals surface area contributed by atoms with Crippen molar-refractivity contribution < 1.29 is 8.42 Å². The van der Waals surface area contributed by atoms with E-state index in [4.69, 9.17) is 11.6 Å².